The molecule has 2 rings (SSSR count). The standard InChI is InChI=1S/C16H20ClN3O3/c1-16(2,3)13(15(21)22-4)18-9-12-19-14(20-23-12)10-5-7-11(17)8-6-10/h5-8,13,18H,9H2,1-4H3. The monoisotopic (exact) mass is 337 g/mol. The maximum absolute atomic E-state index is 11.9. The van der Waals surface area contributed by atoms with Crippen LogP contribution in [0.4, 0.5) is 0 Å². The molecule has 1 unspecified atom stereocenters. The molecular formula is C16H20ClN3O3. The first-order valence-corrected chi connectivity index (χ1v) is 7.59. The molecule has 7 heteroatoms. The van der Waals surface area contributed by atoms with Crippen LogP contribution in [0.15, 0.2) is 28.8 Å². The highest BCUT2D eigenvalue weighted by Crippen LogP contribution is 2.21. The fourth-order valence-corrected chi connectivity index (χ4v) is 2.22. The third-order valence-corrected chi connectivity index (χ3v) is 3.58. The topological polar surface area (TPSA) is 77.2 Å². The smallest absolute Gasteiger partial charge is 0.323 e. The lowest BCUT2D eigenvalue weighted by atomic mass is 9.87. The number of methoxy groups -OCH3 is 1. The van der Waals surface area contributed by atoms with Crippen LogP contribution in [0.3, 0.4) is 0 Å². The number of ether oxygens (including phenoxy) is 1. The highest BCUT2D eigenvalue weighted by molar-refractivity contribution is 6.30. The van der Waals surface area contributed by atoms with E-state index < -0.39 is 6.04 Å². The van der Waals surface area contributed by atoms with Crippen LogP contribution < -0.4 is 5.32 Å². The van der Waals surface area contributed by atoms with Crippen molar-refractivity contribution in [3.8, 4) is 11.4 Å². The molecule has 0 saturated heterocycles. The van der Waals surface area contributed by atoms with Crippen LogP contribution in [0.5, 0.6) is 0 Å². The van der Waals surface area contributed by atoms with Gasteiger partial charge in [-0.3, -0.25) is 10.1 Å². The zero-order chi connectivity index (χ0) is 17.0. The molecule has 0 saturated carbocycles. The normalized spacial score (nSPS) is 12.9. The number of carbonyl (C=O) groups is 1. The first kappa shape index (κ1) is 17.4. The van der Waals surface area contributed by atoms with E-state index in [1.54, 1.807) is 12.1 Å². The Morgan fingerprint density at radius 1 is 1.35 bits per heavy atom. The lowest BCUT2D eigenvalue weighted by Crippen LogP contribution is -2.46. The van der Waals surface area contributed by atoms with E-state index in [-0.39, 0.29) is 17.9 Å². The van der Waals surface area contributed by atoms with Gasteiger partial charge in [-0.15, -0.1) is 0 Å². The maximum atomic E-state index is 11.9. The number of esters is 1. The van der Waals surface area contributed by atoms with Crippen LogP contribution in [0.2, 0.25) is 5.02 Å². The molecule has 0 aliphatic carbocycles. The first-order valence-electron chi connectivity index (χ1n) is 7.21. The highest BCUT2D eigenvalue weighted by Gasteiger charge is 2.32. The highest BCUT2D eigenvalue weighted by atomic mass is 35.5. The van der Waals surface area contributed by atoms with Crippen molar-refractivity contribution in [2.45, 2.75) is 33.4 Å². The van der Waals surface area contributed by atoms with Gasteiger partial charge in [-0.25, -0.2) is 0 Å². The quantitative estimate of drug-likeness (QED) is 0.845. The fraction of sp³-hybridized carbons (Fsp3) is 0.438. The summed E-state index contributed by atoms with van der Waals surface area (Å²) in [6, 6.07) is 6.68. The van der Waals surface area contributed by atoms with Crippen LogP contribution in [-0.4, -0.2) is 29.3 Å². The Bertz CT molecular complexity index is 662. The van der Waals surface area contributed by atoms with Crippen molar-refractivity contribution in [2.75, 3.05) is 7.11 Å². The van der Waals surface area contributed by atoms with E-state index in [1.165, 1.54) is 7.11 Å². The number of carbonyl (C=O) groups excluding carboxylic acids is 1. The second-order valence-corrected chi connectivity index (χ2v) is 6.66. The van der Waals surface area contributed by atoms with Crippen molar-refractivity contribution in [1.82, 2.24) is 15.5 Å². The fourth-order valence-electron chi connectivity index (χ4n) is 2.09. The Kier molecular flexibility index (Phi) is 5.38. The van der Waals surface area contributed by atoms with E-state index in [9.17, 15) is 4.79 Å². The zero-order valence-corrected chi connectivity index (χ0v) is 14.3. The third kappa shape index (κ3) is 4.53. The molecule has 124 valence electrons. The van der Waals surface area contributed by atoms with Gasteiger partial charge in [-0.1, -0.05) is 37.5 Å². The number of halogens is 1. The maximum Gasteiger partial charge on any atom is 0.323 e. The van der Waals surface area contributed by atoms with Gasteiger partial charge >= 0.3 is 5.97 Å². The van der Waals surface area contributed by atoms with Crippen LogP contribution >= 0.6 is 11.6 Å². The van der Waals surface area contributed by atoms with Crippen molar-refractivity contribution in [3.05, 3.63) is 35.2 Å². The Morgan fingerprint density at radius 3 is 2.57 bits per heavy atom. The number of hydrogen-bond donors (Lipinski definition) is 1. The van der Waals surface area contributed by atoms with Gasteiger partial charge in [0.15, 0.2) is 0 Å². The summed E-state index contributed by atoms with van der Waals surface area (Å²) in [5.41, 5.74) is 0.510. The molecule has 0 amide bonds. The number of nitrogens with zero attached hydrogens (tertiary/aromatic N) is 2. The molecule has 1 aromatic heterocycles. The number of nitrogens with one attached hydrogen (secondary N) is 1. The lowest BCUT2D eigenvalue weighted by molar-refractivity contribution is -0.146. The van der Waals surface area contributed by atoms with Gasteiger partial charge < -0.3 is 9.26 Å². The van der Waals surface area contributed by atoms with Crippen molar-refractivity contribution in [3.63, 3.8) is 0 Å². The Balaban J connectivity index is 2.06. The molecule has 0 radical (unpaired) electrons. The number of aromatic nitrogens is 2. The zero-order valence-electron chi connectivity index (χ0n) is 13.6. The lowest BCUT2D eigenvalue weighted by Gasteiger charge is -2.28. The summed E-state index contributed by atoms with van der Waals surface area (Å²) >= 11 is 5.86. The van der Waals surface area contributed by atoms with Gasteiger partial charge in [-0.2, -0.15) is 4.98 Å². The summed E-state index contributed by atoms with van der Waals surface area (Å²) in [4.78, 5) is 16.2. The number of rotatable bonds is 5. The second kappa shape index (κ2) is 7.10. The minimum absolute atomic E-state index is 0.275. The van der Waals surface area contributed by atoms with Gasteiger partial charge in [0.1, 0.15) is 6.04 Å². The number of benzene rings is 1. The van der Waals surface area contributed by atoms with E-state index in [1.807, 2.05) is 32.9 Å². The predicted molar refractivity (Wildman–Crippen MR) is 86.8 cm³/mol. The molecule has 1 atom stereocenters. The van der Waals surface area contributed by atoms with Crippen LogP contribution in [0, 0.1) is 5.41 Å². The van der Waals surface area contributed by atoms with Crippen LogP contribution in [0.1, 0.15) is 26.7 Å². The molecule has 2 aromatic rings. The summed E-state index contributed by atoms with van der Waals surface area (Å²) in [5.74, 6) is 0.548. The van der Waals surface area contributed by atoms with Gasteiger partial charge in [-0.05, 0) is 29.7 Å². The molecule has 0 spiro atoms. The van der Waals surface area contributed by atoms with E-state index >= 15 is 0 Å². The minimum Gasteiger partial charge on any atom is -0.468 e. The average molecular weight is 338 g/mol. The largest absolute Gasteiger partial charge is 0.468 e. The van der Waals surface area contributed by atoms with Crippen molar-refractivity contribution < 1.29 is 14.1 Å². The summed E-state index contributed by atoms with van der Waals surface area (Å²) in [6.45, 7) is 6.13. The Labute approximate surface area is 140 Å². The van der Waals surface area contributed by atoms with Crippen molar-refractivity contribution in [2.24, 2.45) is 5.41 Å². The Morgan fingerprint density at radius 2 is 2.00 bits per heavy atom. The second-order valence-electron chi connectivity index (χ2n) is 6.22. The van der Waals surface area contributed by atoms with Gasteiger partial charge in [0, 0.05) is 10.6 Å². The molecule has 0 fully saturated rings. The van der Waals surface area contributed by atoms with Gasteiger partial charge in [0.05, 0.1) is 13.7 Å². The van der Waals surface area contributed by atoms with E-state index in [2.05, 4.69) is 15.5 Å². The van der Waals surface area contributed by atoms with E-state index in [0.717, 1.165) is 5.56 Å². The third-order valence-electron chi connectivity index (χ3n) is 3.33. The molecule has 6 nitrogen and oxygen atoms in total. The first-order chi connectivity index (χ1) is 10.8. The molecule has 1 N–H and O–H groups in total. The minimum atomic E-state index is -0.474. The SMILES string of the molecule is COC(=O)C(NCc1nc(-c2ccc(Cl)cc2)no1)C(C)(C)C. The van der Waals surface area contributed by atoms with Gasteiger partial charge in [0.25, 0.3) is 0 Å². The van der Waals surface area contributed by atoms with Crippen molar-refractivity contribution >= 4 is 17.6 Å². The van der Waals surface area contributed by atoms with Crippen molar-refractivity contribution in [1.29, 1.82) is 0 Å². The predicted octanol–water partition coefficient (Wildman–Crippen LogP) is 3.07. The molecule has 0 aliphatic rings. The molecule has 0 bridgehead atoms. The Hall–Kier alpha value is -1.92. The van der Waals surface area contributed by atoms with Crippen LogP contribution in [-0.2, 0) is 16.1 Å². The molecular weight excluding hydrogens is 318 g/mol. The molecule has 23 heavy (non-hydrogen) atoms. The molecule has 1 heterocycles. The summed E-state index contributed by atoms with van der Waals surface area (Å²) in [6.07, 6.45) is 0. The average Bonchev–Trinajstić information content (AvgIpc) is 2.95. The summed E-state index contributed by atoms with van der Waals surface area (Å²) in [7, 11) is 1.37. The molecule has 1 aromatic carbocycles. The summed E-state index contributed by atoms with van der Waals surface area (Å²) in [5, 5.41) is 7.69. The van der Waals surface area contributed by atoms with Gasteiger partial charge in [0.2, 0.25) is 11.7 Å². The molecule has 0 aliphatic heterocycles. The van der Waals surface area contributed by atoms with E-state index in [0.29, 0.717) is 16.7 Å². The van der Waals surface area contributed by atoms with Crippen LogP contribution in [0.25, 0.3) is 11.4 Å². The number of hydrogen-bond acceptors (Lipinski definition) is 6. The summed E-state index contributed by atoms with van der Waals surface area (Å²) < 4.78 is 10.0. The van der Waals surface area contributed by atoms with E-state index in [4.69, 9.17) is 20.9 Å².